The molecule has 0 amide bonds. The number of hydrazone groups is 1. The van der Waals surface area contributed by atoms with Crippen molar-refractivity contribution in [1.82, 2.24) is 4.98 Å². The number of hydrogen-bond acceptors (Lipinski definition) is 6. The number of esters is 1. The second-order valence-electron chi connectivity index (χ2n) is 4.36. The minimum absolute atomic E-state index is 0.177. The van der Waals surface area contributed by atoms with E-state index in [1.807, 2.05) is 17.5 Å². The highest BCUT2D eigenvalue weighted by Gasteiger charge is 2.06. The van der Waals surface area contributed by atoms with Gasteiger partial charge in [-0.2, -0.15) is 5.10 Å². The minimum atomic E-state index is -0.300. The van der Waals surface area contributed by atoms with Crippen molar-refractivity contribution in [1.29, 1.82) is 0 Å². The number of hydrogen-bond donors (Lipinski definition) is 1. The number of aromatic nitrogens is 1. The normalized spacial score (nSPS) is 10.8. The van der Waals surface area contributed by atoms with Crippen LogP contribution in [0.25, 0.3) is 0 Å². The van der Waals surface area contributed by atoms with Gasteiger partial charge in [-0.25, -0.2) is 4.98 Å². The summed E-state index contributed by atoms with van der Waals surface area (Å²) in [4.78, 5) is 15.4. The third kappa shape index (κ3) is 4.68. The third-order valence-corrected chi connectivity index (χ3v) is 3.66. The molecule has 1 heterocycles. The lowest BCUT2D eigenvalue weighted by Crippen LogP contribution is -2.04. The fraction of sp³-hybridized carbons (Fsp3) is 0.267. The van der Waals surface area contributed by atoms with Crippen LogP contribution in [-0.2, 0) is 22.4 Å². The number of nitrogens with zero attached hydrogens (tertiary/aromatic N) is 2. The standard InChI is InChI=1S/C15H17N3O2S/c1-3-11-4-6-12(7-5-11)9-16-18-15-17-13(10-21-15)8-14(19)20-2/h4-7,9-10H,3,8H2,1-2H3,(H,17,18)/b16-9-. The molecular formula is C15H17N3O2S. The van der Waals surface area contributed by atoms with Crippen LogP contribution in [0, 0.1) is 0 Å². The van der Waals surface area contributed by atoms with E-state index >= 15 is 0 Å². The van der Waals surface area contributed by atoms with Gasteiger partial charge in [-0.1, -0.05) is 31.2 Å². The summed E-state index contributed by atoms with van der Waals surface area (Å²) < 4.78 is 4.60. The summed E-state index contributed by atoms with van der Waals surface area (Å²) in [5.74, 6) is -0.300. The van der Waals surface area contributed by atoms with E-state index < -0.39 is 0 Å². The minimum Gasteiger partial charge on any atom is -0.469 e. The van der Waals surface area contributed by atoms with Gasteiger partial charge in [0.1, 0.15) is 0 Å². The van der Waals surface area contributed by atoms with E-state index in [-0.39, 0.29) is 12.4 Å². The second kappa shape index (κ2) is 7.54. The number of rotatable bonds is 6. The zero-order valence-electron chi connectivity index (χ0n) is 12.0. The predicted octanol–water partition coefficient (Wildman–Crippen LogP) is 2.87. The van der Waals surface area contributed by atoms with Crippen LogP contribution >= 0.6 is 11.3 Å². The highest BCUT2D eigenvalue weighted by atomic mass is 32.1. The van der Waals surface area contributed by atoms with Gasteiger partial charge in [0.2, 0.25) is 5.13 Å². The molecule has 0 saturated heterocycles. The van der Waals surface area contributed by atoms with Gasteiger partial charge in [0, 0.05) is 5.38 Å². The van der Waals surface area contributed by atoms with E-state index in [0.29, 0.717) is 10.8 Å². The maximum atomic E-state index is 11.1. The Morgan fingerprint density at radius 1 is 1.43 bits per heavy atom. The van der Waals surface area contributed by atoms with Crippen molar-refractivity contribution in [3.05, 3.63) is 46.5 Å². The van der Waals surface area contributed by atoms with Crippen LogP contribution in [0.2, 0.25) is 0 Å². The first-order valence-electron chi connectivity index (χ1n) is 6.60. The molecule has 5 nitrogen and oxygen atoms in total. The van der Waals surface area contributed by atoms with E-state index in [2.05, 4.69) is 39.3 Å². The average Bonchev–Trinajstić information content (AvgIpc) is 2.95. The molecule has 110 valence electrons. The summed E-state index contributed by atoms with van der Waals surface area (Å²) in [6, 6.07) is 8.21. The van der Waals surface area contributed by atoms with Gasteiger partial charge >= 0.3 is 5.97 Å². The smallest absolute Gasteiger partial charge is 0.311 e. The van der Waals surface area contributed by atoms with Crippen molar-refractivity contribution in [2.24, 2.45) is 5.10 Å². The third-order valence-electron chi connectivity index (χ3n) is 2.87. The zero-order chi connectivity index (χ0) is 15.1. The molecule has 6 heteroatoms. The summed E-state index contributed by atoms with van der Waals surface area (Å²) in [5.41, 5.74) is 5.85. The Balaban J connectivity index is 1.89. The lowest BCUT2D eigenvalue weighted by Gasteiger charge is -1.97. The maximum Gasteiger partial charge on any atom is 0.311 e. The molecule has 0 saturated carbocycles. The Labute approximate surface area is 127 Å². The molecule has 0 radical (unpaired) electrons. The summed E-state index contributed by atoms with van der Waals surface area (Å²) >= 11 is 1.40. The quantitative estimate of drug-likeness (QED) is 0.506. The van der Waals surface area contributed by atoms with Gasteiger partial charge in [-0.15, -0.1) is 11.3 Å². The van der Waals surface area contributed by atoms with Gasteiger partial charge in [0.15, 0.2) is 0 Å². The summed E-state index contributed by atoms with van der Waals surface area (Å²) in [6.07, 6.45) is 2.94. The molecule has 21 heavy (non-hydrogen) atoms. The number of anilines is 1. The van der Waals surface area contributed by atoms with E-state index in [0.717, 1.165) is 12.0 Å². The number of carbonyl (C=O) groups is 1. The molecule has 2 aromatic rings. The molecule has 1 aromatic heterocycles. The van der Waals surface area contributed by atoms with E-state index in [9.17, 15) is 4.79 Å². The van der Waals surface area contributed by atoms with Crippen LogP contribution in [0.1, 0.15) is 23.7 Å². The number of ether oxygens (including phenoxy) is 1. The molecule has 0 aliphatic carbocycles. The second-order valence-corrected chi connectivity index (χ2v) is 5.22. The van der Waals surface area contributed by atoms with Gasteiger partial charge in [-0.05, 0) is 17.5 Å². The Kier molecular flexibility index (Phi) is 5.45. The van der Waals surface area contributed by atoms with Crippen molar-refractivity contribution in [2.75, 3.05) is 12.5 Å². The van der Waals surface area contributed by atoms with Gasteiger partial charge in [-0.3, -0.25) is 10.2 Å². The average molecular weight is 303 g/mol. The number of methoxy groups -OCH3 is 1. The zero-order valence-corrected chi connectivity index (χ0v) is 12.8. The lowest BCUT2D eigenvalue weighted by atomic mass is 10.1. The molecule has 1 N–H and O–H groups in total. The van der Waals surface area contributed by atoms with Crippen molar-refractivity contribution >= 4 is 28.7 Å². The van der Waals surface area contributed by atoms with E-state index in [1.165, 1.54) is 24.0 Å². The van der Waals surface area contributed by atoms with Gasteiger partial charge < -0.3 is 4.74 Å². The van der Waals surface area contributed by atoms with E-state index in [4.69, 9.17) is 0 Å². The Morgan fingerprint density at radius 3 is 2.86 bits per heavy atom. The molecule has 0 atom stereocenters. The highest BCUT2D eigenvalue weighted by molar-refractivity contribution is 7.13. The summed E-state index contributed by atoms with van der Waals surface area (Å²) in [7, 11) is 1.36. The fourth-order valence-electron chi connectivity index (χ4n) is 1.66. The first kappa shape index (κ1) is 15.2. The first-order chi connectivity index (χ1) is 10.2. The number of aryl methyl sites for hydroxylation is 1. The molecule has 0 bridgehead atoms. The largest absolute Gasteiger partial charge is 0.469 e. The molecule has 0 spiro atoms. The van der Waals surface area contributed by atoms with Crippen LogP contribution in [0.15, 0.2) is 34.7 Å². The van der Waals surface area contributed by atoms with E-state index in [1.54, 1.807) is 6.21 Å². The Hall–Kier alpha value is -2.21. The van der Waals surface area contributed by atoms with Crippen LogP contribution in [0.4, 0.5) is 5.13 Å². The molecular weight excluding hydrogens is 286 g/mol. The highest BCUT2D eigenvalue weighted by Crippen LogP contribution is 2.16. The van der Waals surface area contributed by atoms with Gasteiger partial charge in [0.25, 0.3) is 0 Å². The van der Waals surface area contributed by atoms with Crippen LogP contribution in [0.3, 0.4) is 0 Å². The SMILES string of the molecule is CCc1ccc(/C=N\Nc2nc(CC(=O)OC)cs2)cc1. The van der Waals surface area contributed by atoms with Gasteiger partial charge in [0.05, 0.1) is 25.4 Å². The Bertz CT molecular complexity index is 620. The van der Waals surface area contributed by atoms with Crippen LogP contribution in [-0.4, -0.2) is 24.3 Å². The predicted molar refractivity (Wildman–Crippen MR) is 84.9 cm³/mol. The van der Waals surface area contributed by atoms with Crippen molar-refractivity contribution in [3.8, 4) is 0 Å². The first-order valence-corrected chi connectivity index (χ1v) is 7.48. The van der Waals surface area contributed by atoms with Crippen LogP contribution < -0.4 is 5.43 Å². The monoisotopic (exact) mass is 303 g/mol. The maximum absolute atomic E-state index is 11.1. The Morgan fingerprint density at radius 2 is 2.19 bits per heavy atom. The summed E-state index contributed by atoms with van der Waals surface area (Å²) in [6.45, 7) is 2.12. The molecule has 2 rings (SSSR count). The fourth-order valence-corrected chi connectivity index (χ4v) is 2.32. The number of carbonyl (C=O) groups excluding carboxylic acids is 1. The molecule has 0 aliphatic rings. The van der Waals surface area contributed by atoms with Crippen molar-refractivity contribution in [2.45, 2.75) is 19.8 Å². The topological polar surface area (TPSA) is 63.6 Å². The summed E-state index contributed by atoms with van der Waals surface area (Å²) in [5, 5.41) is 6.60. The number of nitrogens with one attached hydrogen (secondary N) is 1. The lowest BCUT2D eigenvalue weighted by molar-refractivity contribution is -0.139. The van der Waals surface area contributed by atoms with Crippen molar-refractivity contribution in [3.63, 3.8) is 0 Å². The van der Waals surface area contributed by atoms with Crippen LogP contribution in [0.5, 0.6) is 0 Å². The molecule has 0 aliphatic heterocycles. The number of benzene rings is 1. The van der Waals surface area contributed by atoms with Crippen molar-refractivity contribution < 1.29 is 9.53 Å². The molecule has 0 unspecified atom stereocenters. The molecule has 0 fully saturated rings. The molecule has 1 aromatic carbocycles. The number of thiazole rings is 1.